The maximum Gasteiger partial charge on any atom is 0.0485 e. The van der Waals surface area contributed by atoms with Crippen LogP contribution in [0, 0.1) is 0 Å². The summed E-state index contributed by atoms with van der Waals surface area (Å²) in [5, 5.41) is 0. The van der Waals surface area contributed by atoms with Crippen LogP contribution < -0.4 is 0 Å². The van der Waals surface area contributed by atoms with Crippen molar-refractivity contribution in [1.29, 1.82) is 0 Å². The molecule has 0 atom stereocenters. The van der Waals surface area contributed by atoms with Crippen LogP contribution in [0.5, 0.6) is 0 Å². The van der Waals surface area contributed by atoms with Gasteiger partial charge in [-0.25, -0.2) is 0 Å². The van der Waals surface area contributed by atoms with Crippen molar-refractivity contribution in [3.05, 3.63) is 77.5 Å². The molecule has 1 aliphatic carbocycles. The SMILES string of the molecule is C=CC1=CC=C(N2Cc3cc(CC)ccc3C2=C)C1. The Bertz CT molecular complexity index is 617. The highest BCUT2D eigenvalue weighted by Gasteiger charge is 2.26. The molecule has 1 heteroatoms. The van der Waals surface area contributed by atoms with Crippen LogP contribution in [0.2, 0.25) is 0 Å². The molecular formula is C18H19N. The van der Waals surface area contributed by atoms with Crippen molar-refractivity contribution in [3.8, 4) is 0 Å². The first-order chi connectivity index (χ1) is 9.22. The van der Waals surface area contributed by atoms with Crippen molar-refractivity contribution < 1.29 is 0 Å². The van der Waals surface area contributed by atoms with Gasteiger partial charge in [0.05, 0.1) is 0 Å². The van der Waals surface area contributed by atoms with E-state index in [0.29, 0.717) is 0 Å². The molecule has 19 heavy (non-hydrogen) atoms. The molecule has 2 aliphatic rings. The van der Waals surface area contributed by atoms with Crippen molar-refractivity contribution in [3.63, 3.8) is 0 Å². The van der Waals surface area contributed by atoms with Crippen LogP contribution in [0.15, 0.2) is 60.9 Å². The Kier molecular flexibility index (Phi) is 2.90. The standard InChI is InChI=1S/C18H19N/c1-4-14-7-9-18-13(3)19(12-16(18)10-14)17-8-6-15(5-2)11-17/h5-10H,2-4,11-12H2,1H3. The molecule has 0 amide bonds. The number of nitrogens with zero attached hydrogens (tertiary/aromatic N) is 1. The molecule has 0 unspecified atom stereocenters. The monoisotopic (exact) mass is 249 g/mol. The number of rotatable bonds is 3. The highest BCUT2D eigenvalue weighted by Crippen LogP contribution is 2.38. The molecule has 0 fully saturated rings. The highest BCUT2D eigenvalue weighted by atomic mass is 15.2. The minimum atomic E-state index is 0.950. The van der Waals surface area contributed by atoms with Gasteiger partial charge in [0.1, 0.15) is 0 Å². The van der Waals surface area contributed by atoms with Gasteiger partial charge in [-0.15, -0.1) is 0 Å². The average molecular weight is 249 g/mol. The predicted molar refractivity (Wildman–Crippen MR) is 81.4 cm³/mol. The van der Waals surface area contributed by atoms with Gasteiger partial charge in [-0.1, -0.05) is 50.4 Å². The minimum absolute atomic E-state index is 0.950. The molecule has 1 nitrogen and oxygen atoms in total. The van der Waals surface area contributed by atoms with E-state index in [1.807, 2.05) is 6.08 Å². The Morgan fingerprint density at radius 3 is 2.84 bits per heavy atom. The molecule has 1 aromatic carbocycles. The van der Waals surface area contributed by atoms with Gasteiger partial charge in [0.15, 0.2) is 0 Å². The van der Waals surface area contributed by atoms with Gasteiger partial charge in [-0.3, -0.25) is 0 Å². The quantitative estimate of drug-likeness (QED) is 0.765. The second-order valence-electron chi connectivity index (χ2n) is 5.16. The van der Waals surface area contributed by atoms with E-state index in [2.05, 4.69) is 55.3 Å². The Hall–Kier alpha value is -2.02. The van der Waals surface area contributed by atoms with Gasteiger partial charge >= 0.3 is 0 Å². The fourth-order valence-corrected chi connectivity index (χ4v) is 2.82. The van der Waals surface area contributed by atoms with Crippen molar-refractivity contribution in [2.24, 2.45) is 0 Å². The van der Waals surface area contributed by atoms with E-state index in [1.165, 1.54) is 28.0 Å². The van der Waals surface area contributed by atoms with Crippen molar-refractivity contribution >= 4 is 5.70 Å². The fraction of sp³-hybridized carbons (Fsp3) is 0.222. The van der Waals surface area contributed by atoms with Crippen molar-refractivity contribution in [1.82, 2.24) is 4.90 Å². The van der Waals surface area contributed by atoms with Crippen LogP contribution in [-0.2, 0) is 13.0 Å². The number of fused-ring (bicyclic) bond motifs is 1. The molecule has 3 rings (SSSR count). The third-order valence-electron chi connectivity index (χ3n) is 4.03. The van der Waals surface area contributed by atoms with Gasteiger partial charge in [-0.2, -0.15) is 0 Å². The zero-order valence-electron chi connectivity index (χ0n) is 11.4. The molecule has 0 N–H and O–H groups in total. The average Bonchev–Trinajstić information content (AvgIpc) is 3.03. The lowest BCUT2D eigenvalue weighted by Gasteiger charge is -2.21. The van der Waals surface area contributed by atoms with E-state index >= 15 is 0 Å². The summed E-state index contributed by atoms with van der Waals surface area (Å²) >= 11 is 0. The van der Waals surface area contributed by atoms with Crippen LogP contribution in [0.1, 0.15) is 30.0 Å². The van der Waals surface area contributed by atoms with Crippen molar-refractivity contribution in [2.45, 2.75) is 26.3 Å². The van der Waals surface area contributed by atoms with Gasteiger partial charge in [0.25, 0.3) is 0 Å². The molecule has 0 saturated carbocycles. The van der Waals surface area contributed by atoms with Crippen LogP contribution in [0.4, 0.5) is 0 Å². The number of benzene rings is 1. The zero-order chi connectivity index (χ0) is 13.4. The fourth-order valence-electron chi connectivity index (χ4n) is 2.82. The molecule has 1 aromatic rings. The molecule has 0 aromatic heterocycles. The first-order valence-electron chi connectivity index (χ1n) is 6.83. The molecule has 0 bridgehead atoms. The molecule has 0 saturated heterocycles. The van der Waals surface area contributed by atoms with Crippen LogP contribution >= 0.6 is 0 Å². The summed E-state index contributed by atoms with van der Waals surface area (Å²) in [7, 11) is 0. The second-order valence-corrected chi connectivity index (χ2v) is 5.16. The molecular weight excluding hydrogens is 230 g/mol. The van der Waals surface area contributed by atoms with E-state index in [-0.39, 0.29) is 0 Å². The van der Waals surface area contributed by atoms with Gasteiger partial charge in [0, 0.05) is 29.9 Å². The highest BCUT2D eigenvalue weighted by molar-refractivity contribution is 5.71. The van der Waals surface area contributed by atoms with Gasteiger partial charge in [0.2, 0.25) is 0 Å². The summed E-state index contributed by atoms with van der Waals surface area (Å²) in [5.74, 6) is 0. The first-order valence-corrected chi connectivity index (χ1v) is 6.83. The van der Waals surface area contributed by atoms with Crippen molar-refractivity contribution in [2.75, 3.05) is 0 Å². The summed E-state index contributed by atoms with van der Waals surface area (Å²) in [4.78, 5) is 2.33. The summed E-state index contributed by atoms with van der Waals surface area (Å²) in [6.45, 7) is 11.3. The Balaban J connectivity index is 1.86. The number of hydrogen-bond acceptors (Lipinski definition) is 1. The largest absolute Gasteiger partial charge is 0.340 e. The second kappa shape index (κ2) is 4.58. The summed E-state index contributed by atoms with van der Waals surface area (Å²) in [6.07, 6.45) is 8.33. The van der Waals surface area contributed by atoms with E-state index in [9.17, 15) is 0 Å². The normalized spacial score (nSPS) is 17.3. The van der Waals surface area contributed by atoms with E-state index < -0.39 is 0 Å². The molecule has 1 heterocycles. The third-order valence-corrected chi connectivity index (χ3v) is 4.03. The lowest BCUT2D eigenvalue weighted by Crippen LogP contribution is -2.13. The van der Waals surface area contributed by atoms with Crippen LogP contribution in [0.3, 0.4) is 0 Å². The third kappa shape index (κ3) is 1.95. The summed E-state index contributed by atoms with van der Waals surface area (Å²) in [6, 6.07) is 6.75. The lowest BCUT2D eigenvalue weighted by molar-refractivity contribution is 0.499. The smallest absolute Gasteiger partial charge is 0.0485 e. The minimum Gasteiger partial charge on any atom is -0.340 e. The number of aryl methyl sites for hydroxylation is 1. The maximum absolute atomic E-state index is 4.26. The maximum atomic E-state index is 4.26. The number of hydrogen-bond donors (Lipinski definition) is 0. The topological polar surface area (TPSA) is 3.24 Å². The molecule has 0 radical (unpaired) electrons. The lowest BCUT2D eigenvalue weighted by atomic mass is 10.0. The van der Waals surface area contributed by atoms with Crippen LogP contribution in [-0.4, -0.2) is 4.90 Å². The Morgan fingerprint density at radius 1 is 1.32 bits per heavy atom. The van der Waals surface area contributed by atoms with E-state index in [0.717, 1.165) is 25.1 Å². The Morgan fingerprint density at radius 2 is 2.16 bits per heavy atom. The molecule has 1 aliphatic heterocycles. The molecule has 96 valence electrons. The predicted octanol–water partition coefficient (Wildman–Crippen LogP) is 4.44. The summed E-state index contributed by atoms with van der Waals surface area (Å²) in [5.41, 5.74) is 7.84. The van der Waals surface area contributed by atoms with Gasteiger partial charge in [-0.05, 0) is 29.2 Å². The van der Waals surface area contributed by atoms with E-state index in [1.54, 1.807) is 0 Å². The zero-order valence-corrected chi connectivity index (χ0v) is 11.4. The van der Waals surface area contributed by atoms with Gasteiger partial charge < -0.3 is 4.90 Å². The van der Waals surface area contributed by atoms with E-state index in [4.69, 9.17) is 0 Å². The number of allylic oxidation sites excluding steroid dienone is 4. The first kappa shape index (κ1) is 12.0. The summed E-state index contributed by atoms with van der Waals surface area (Å²) < 4.78 is 0. The Labute approximate surface area is 115 Å². The molecule has 0 spiro atoms. The van der Waals surface area contributed by atoms with Crippen LogP contribution in [0.25, 0.3) is 5.70 Å².